The number of nitrogens with zero attached hydrogens (tertiary/aromatic N) is 3. The Balaban J connectivity index is 1.82. The fourth-order valence-electron chi connectivity index (χ4n) is 2.56. The minimum absolute atomic E-state index is 0.146. The molecule has 1 aromatic heterocycles. The average Bonchev–Trinajstić information content (AvgIpc) is 2.91. The highest BCUT2D eigenvalue weighted by Gasteiger charge is 2.23. The van der Waals surface area contributed by atoms with Crippen molar-refractivity contribution >= 4 is 22.9 Å². The van der Waals surface area contributed by atoms with Crippen LogP contribution in [0.4, 0.5) is 5.95 Å². The second-order valence-corrected chi connectivity index (χ2v) is 5.43. The molecule has 118 valence electrons. The third kappa shape index (κ3) is 2.90. The number of para-hydroxylation sites is 3. The number of fused-ring (bicyclic) bond motifs is 1. The molecule has 1 amide bonds. The zero-order chi connectivity index (χ0) is 16.4. The van der Waals surface area contributed by atoms with E-state index in [1.165, 1.54) is 4.90 Å². The van der Waals surface area contributed by atoms with E-state index >= 15 is 0 Å². The minimum Gasteiger partial charge on any atom is -0.481 e. The summed E-state index contributed by atoms with van der Waals surface area (Å²) in [4.78, 5) is 18.7. The van der Waals surface area contributed by atoms with Gasteiger partial charge in [-0.15, -0.1) is 0 Å². The molecule has 1 heterocycles. The quantitative estimate of drug-likeness (QED) is 0.744. The number of benzene rings is 2. The number of hydrogen-bond acceptors (Lipinski definition) is 3. The first kappa shape index (κ1) is 15.1. The molecule has 1 atom stereocenters. The van der Waals surface area contributed by atoms with Gasteiger partial charge in [-0.2, -0.15) is 0 Å². The number of likely N-dealkylation sites (N-methyl/N-ethyl adjacent to an activating group) is 1. The summed E-state index contributed by atoms with van der Waals surface area (Å²) < 4.78 is 7.61. The highest BCUT2D eigenvalue weighted by molar-refractivity contribution is 5.96. The van der Waals surface area contributed by atoms with Crippen LogP contribution < -0.4 is 9.64 Å². The molecule has 0 N–H and O–H groups in total. The third-order valence-corrected chi connectivity index (χ3v) is 3.80. The van der Waals surface area contributed by atoms with Crippen LogP contribution in [0.2, 0.25) is 0 Å². The van der Waals surface area contributed by atoms with Gasteiger partial charge in [0.05, 0.1) is 11.0 Å². The zero-order valence-corrected chi connectivity index (χ0v) is 13.4. The van der Waals surface area contributed by atoms with E-state index < -0.39 is 6.10 Å². The second-order valence-electron chi connectivity index (χ2n) is 5.43. The van der Waals surface area contributed by atoms with E-state index in [9.17, 15) is 4.79 Å². The lowest BCUT2D eigenvalue weighted by molar-refractivity contribution is -0.124. The number of anilines is 1. The molecule has 0 spiro atoms. The van der Waals surface area contributed by atoms with Crippen molar-refractivity contribution in [2.24, 2.45) is 7.05 Å². The Labute approximate surface area is 135 Å². The summed E-state index contributed by atoms with van der Waals surface area (Å²) in [5.41, 5.74) is 1.85. The SMILES string of the molecule is C[C@@H](Oc1ccccc1)C(=O)N(C)c1nc2ccccc2n1C. The van der Waals surface area contributed by atoms with Crippen LogP contribution >= 0.6 is 0 Å². The van der Waals surface area contributed by atoms with Crippen molar-refractivity contribution in [3.63, 3.8) is 0 Å². The van der Waals surface area contributed by atoms with Gasteiger partial charge in [0.25, 0.3) is 5.91 Å². The van der Waals surface area contributed by atoms with Crippen molar-refractivity contribution in [1.29, 1.82) is 0 Å². The van der Waals surface area contributed by atoms with Crippen molar-refractivity contribution in [2.75, 3.05) is 11.9 Å². The normalized spacial score (nSPS) is 12.1. The van der Waals surface area contributed by atoms with E-state index in [-0.39, 0.29) is 5.91 Å². The maximum absolute atomic E-state index is 12.6. The molecule has 0 saturated carbocycles. The molecule has 5 heteroatoms. The molecule has 5 nitrogen and oxygen atoms in total. The van der Waals surface area contributed by atoms with Gasteiger partial charge in [0.15, 0.2) is 6.10 Å². The molecule has 0 unspecified atom stereocenters. The standard InChI is InChI=1S/C18H19N3O2/c1-13(23-14-9-5-4-6-10-14)17(22)21(3)18-19-15-11-7-8-12-16(15)20(18)2/h4-13H,1-3H3/t13-/m1/s1. The number of aryl methyl sites for hydroxylation is 1. The fourth-order valence-corrected chi connectivity index (χ4v) is 2.56. The number of aromatic nitrogens is 2. The molecular formula is C18H19N3O2. The van der Waals surface area contributed by atoms with E-state index in [2.05, 4.69) is 4.98 Å². The predicted octanol–water partition coefficient (Wildman–Crippen LogP) is 3.00. The molecule has 2 aromatic carbocycles. The Hall–Kier alpha value is -2.82. The monoisotopic (exact) mass is 309 g/mol. The Morgan fingerprint density at radius 2 is 1.78 bits per heavy atom. The molecule has 0 aliphatic rings. The lowest BCUT2D eigenvalue weighted by Gasteiger charge is -2.21. The molecule has 0 bridgehead atoms. The number of amides is 1. The summed E-state index contributed by atoms with van der Waals surface area (Å²) in [6, 6.07) is 17.1. The van der Waals surface area contributed by atoms with E-state index in [1.54, 1.807) is 14.0 Å². The van der Waals surface area contributed by atoms with E-state index in [0.29, 0.717) is 11.7 Å². The predicted molar refractivity (Wildman–Crippen MR) is 90.7 cm³/mol. The second kappa shape index (κ2) is 6.12. The van der Waals surface area contributed by atoms with Crippen LogP contribution in [-0.2, 0) is 11.8 Å². The third-order valence-electron chi connectivity index (χ3n) is 3.80. The zero-order valence-electron chi connectivity index (χ0n) is 13.4. The summed E-state index contributed by atoms with van der Waals surface area (Å²) in [6.07, 6.45) is -0.595. The molecule has 0 saturated heterocycles. The Bertz CT molecular complexity index is 827. The van der Waals surface area contributed by atoms with Crippen LogP contribution in [0.3, 0.4) is 0 Å². The molecule has 0 aliphatic carbocycles. The van der Waals surface area contributed by atoms with Crippen molar-refractivity contribution in [3.8, 4) is 5.75 Å². The number of imidazole rings is 1. The van der Waals surface area contributed by atoms with Crippen molar-refractivity contribution < 1.29 is 9.53 Å². The van der Waals surface area contributed by atoms with Gasteiger partial charge in [0, 0.05) is 14.1 Å². The number of hydrogen-bond donors (Lipinski definition) is 0. The van der Waals surface area contributed by atoms with Crippen LogP contribution in [-0.4, -0.2) is 28.6 Å². The van der Waals surface area contributed by atoms with Crippen molar-refractivity contribution in [3.05, 3.63) is 54.6 Å². The number of ether oxygens (including phenoxy) is 1. The molecule has 3 aromatic rings. The summed E-state index contributed by atoms with van der Waals surface area (Å²) >= 11 is 0. The van der Waals surface area contributed by atoms with Crippen LogP contribution in [0.5, 0.6) is 5.75 Å². The smallest absolute Gasteiger partial charge is 0.269 e. The van der Waals surface area contributed by atoms with Gasteiger partial charge in [0.2, 0.25) is 5.95 Å². The van der Waals surface area contributed by atoms with Crippen LogP contribution in [0.1, 0.15) is 6.92 Å². The number of carbonyl (C=O) groups is 1. The Morgan fingerprint density at radius 3 is 2.48 bits per heavy atom. The topological polar surface area (TPSA) is 47.4 Å². The van der Waals surface area contributed by atoms with Gasteiger partial charge >= 0.3 is 0 Å². The van der Waals surface area contributed by atoms with E-state index in [1.807, 2.05) is 66.2 Å². The van der Waals surface area contributed by atoms with Crippen LogP contribution in [0.15, 0.2) is 54.6 Å². The highest BCUT2D eigenvalue weighted by atomic mass is 16.5. The molecular weight excluding hydrogens is 290 g/mol. The lowest BCUT2D eigenvalue weighted by Crippen LogP contribution is -2.39. The average molecular weight is 309 g/mol. The van der Waals surface area contributed by atoms with Gasteiger partial charge in [-0.1, -0.05) is 30.3 Å². The first-order valence-electron chi connectivity index (χ1n) is 7.48. The van der Waals surface area contributed by atoms with Crippen LogP contribution in [0, 0.1) is 0 Å². The minimum atomic E-state index is -0.595. The highest BCUT2D eigenvalue weighted by Crippen LogP contribution is 2.21. The number of rotatable bonds is 4. The Morgan fingerprint density at radius 1 is 1.13 bits per heavy atom. The maximum atomic E-state index is 12.6. The van der Waals surface area contributed by atoms with Crippen molar-refractivity contribution in [2.45, 2.75) is 13.0 Å². The summed E-state index contributed by atoms with van der Waals surface area (Å²) in [5.74, 6) is 1.12. The molecule has 3 rings (SSSR count). The summed E-state index contributed by atoms with van der Waals surface area (Å²) in [7, 11) is 3.62. The first-order valence-corrected chi connectivity index (χ1v) is 7.48. The van der Waals surface area contributed by atoms with Gasteiger partial charge in [0.1, 0.15) is 5.75 Å². The summed E-state index contributed by atoms with van der Waals surface area (Å²) in [5, 5.41) is 0. The summed E-state index contributed by atoms with van der Waals surface area (Å²) in [6.45, 7) is 1.74. The van der Waals surface area contributed by atoms with E-state index in [4.69, 9.17) is 4.74 Å². The first-order chi connectivity index (χ1) is 11.1. The molecule has 23 heavy (non-hydrogen) atoms. The fraction of sp³-hybridized carbons (Fsp3) is 0.222. The largest absolute Gasteiger partial charge is 0.481 e. The van der Waals surface area contributed by atoms with Gasteiger partial charge in [-0.05, 0) is 31.2 Å². The van der Waals surface area contributed by atoms with E-state index in [0.717, 1.165) is 11.0 Å². The maximum Gasteiger partial charge on any atom is 0.269 e. The van der Waals surface area contributed by atoms with Crippen LogP contribution in [0.25, 0.3) is 11.0 Å². The molecule has 0 radical (unpaired) electrons. The Kier molecular flexibility index (Phi) is 4.02. The lowest BCUT2D eigenvalue weighted by atomic mass is 10.3. The van der Waals surface area contributed by atoms with Crippen molar-refractivity contribution in [1.82, 2.24) is 9.55 Å². The molecule has 0 aliphatic heterocycles. The number of carbonyl (C=O) groups excluding carboxylic acids is 1. The van der Waals surface area contributed by atoms with Gasteiger partial charge in [-0.25, -0.2) is 4.98 Å². The van der Waals surface area contributed by atoms with Gasteiger partial charge < -0.3 is 9.30 Å². The van der Waals surface area contributed by atoms with Gasteiger partial charge in [-0.3, -0.25) is 9.69 Å². The molecule has 0 fully saturated rings.